The summed E-state index contributed by atoms with van der Waals surface area (Å²) in [6.45, 7) is 0.468. The number of nitrogens with zero attached hydrogens (tertiary/aromatic N) is 2. The molecule has 0 saturated heterocycles. The average molecular weight is 336 g/mol. The number of aryl methyl sites for hydroxylation is 2. The van der Waals surface area contributed by atoms with Crippen LogP contribution in [0.2, 0.25) is 0 Å². The van der Waals surface area contributed by atoms with E-state index in [1.54, 1.807) is 7.11 Å². The molecule has 0 aliphatic heterocycles. The van der Waals surface area contributed by atoms with E-state index in [-0.39, 0.29) is 0 Å². The molecule has 0 bridgehead atoms. The fourth-order valence-electron chi connectivity index (χ4n) is 1.96. The predicted molar refractivity (Wildman–Crippen MR) is 83.8 cm³/mol. The van der Waals surface area contributed by atoms with Crippen LogP contribution in [-0.4, -0.2) is 24.1 Å². The van der Waals surface area contributed by atoms with E-state index in [9.17, 15) is 0 Å². The van der Waals surface area contributed by atoms with Gasteiger partial charge >= 0.3 is 0 Å². The topological polar surface area (TPSA) is 47.0 Å². The van der Waals surface area contributed by atoms with Crippen molar-refractivity contribution in [1.82, 2.24) is 9.97 Å². The Morgan fingerprint density at radius 1 is 1.15 bits per heavy atom. The van der Waals surface area contributed by atoms with Crippen molar-refractivity contribution in [2.45, 2.75) is 19.4 Å². The smallest absolute Gasteiger partial charge is 0.144 e. The number of hydrogen-bond acceptors (Lipinski definition) is 4. The van der Waals surface area contributed by atoms with Gasteiger partial charge in [-0.3, -0.25) is 0 Å². The van der Waals surface area contributed by atoms with Gasteiger partial charge in [0.05, 0.1) is 16.8 Å². The molecule has 0 aliphatic carbocycles. The van der Waals surface area contributed by atoms with Crippen LogP contribution in [0.5, 0.6) is 0 Å². The van der Waals surface area contributed by atoms with E-state index in [1.807, 2.05) is 25.2 Å². The summed E-state index contributed by atoms with van der Waals surface area (Å²) in [7, 11) is 3.52. The van der Waals surface area contributed by atoms with Crippen LogP contribution in [0, 0.1) is 0 Å². The van der Waals surface area contributed by atoms with Gasteiger partial charge in [0.2, 0.25) is 0 Å². The number of methoxy groups -OCH3 is 1. The third-order valence-electron chi connectivity index (χ3n) is 2.96. The van der Waals surface area contributed by atoms with Crippen LogP contribution in [0.1, 0.15) is 17.1 Å². The van der Waals surface area contributed by atoms with Crippen molar-refractivity contribution in [2.24, 2.45) is 0 Å². The van der Waals surface area contributed by atoms with E-state index in [0.29, 0.717) is 6.61 Å². The molecule has 0 spiro atoms. The fraction of sp³-hybridized carbons (Fsp3) is 0.333. The van der Waals surface area contributed by atoms with Crippen molar-refractivity contribution in [3.8, 4) is 0 Å². The second-order valence-corrected chi connectivity index (χ2v) is 5.21. The molecule has 2 rings (SSSR count). The maximum absolute atomic E-state index is 5.18. The average Bonchev–Trinajstić information content (AvgIpc) is 2.49. The molecule has 0 saturated carbocycles. The second-order valence-electron chi connectivity index (χ2n) is 4.42. The Kier molecular flexibility index (Phi) is 5.49. The first kappa shape index (κ1) is 14.9. The first-order valence-corrected chi connectivity index (χ1v) is 7.29. The highest BCUT2D eigenvalue weighted by atomic mass is 79.9. The van der Waals surface area contributed by atoms with Crippen LogP contribution in [0.3, 0.4) is 0 Å². The Hall–Kier alpha value is -1.46. The minimum atomic E-state index is 0.468. The summed E-state index contributed by atoms with van der Waals surface area (Å²) in [5.41, 5.74) is 2.16. The number of aromatic nitrogens is 2. The minimum Gasteiger partial charge on any atom is -0.378 e. The van der Waals surface area contributed by atoms with Gasteiger partial charge in [-0.25, -0.2) is 9.97 Å². The van der Waals surface area contributed by atoms with E-state index >= 15 is 0 Å². The highest BCUT2D eigenvalue weighted by molar-refractivity contribution is 9.10. The van der Waals surface area contributed by atoms with Crippen molar-refractivity contribution in [2.75, 3.05) is 19.5 Å². The number of hydrogen-bond donors (Lipinski definition) is 1. The summed E-state index contributed by atoms with van der Waals surface area (Å²) < 4.78 is 6.04. The maximum Gasteiger partial charge on any atom is 0.144 e. The summed E-state index contributed by atoms with van der Waals surface area (Å²) in [5, 5.41) is 3.08. The van der Waals surface area contributed by atoms with Gasteiger partial charge < -0.3 is 10.1 Å². The lowest BCUT2D eigenvalue weighted by atomic mass is 10.1. The molecular formula is C15H18BrN3O. The molecule has 2 aromatic rings. The van der Waals surface area contributed by atoms with Gasteiger partial charge in [-0.05, 0) is 27.9 Å². The molecule has 0 radical (unpaired) electrons. The Morgan fingerprint density at radius 3 is 2.55 bits per heavy atom. The van der Waals surface area contributed by atoms with Gasteiger partial charge in [0.15, 0.2) is 0 Å². The monoisotopic (exact) mass is 335 g/mol. The largest absolute Gasteiger partial charge is 0.378 e. The van der Waals surface area contributed by atoms with E-state index in [4.69, 9.17) is 4.74 Å². The quantitative estimate of drug-likeness (QED) is 0.880. The molecule has 1 aromatic carbocycles. The number of nitrogens with one attached hydrogen (secondary N) is 1. The standard InChI is InChI=1S/C15H18BrN3O/c1-17-15-14(16)12(10-20-2)18-13(19-15)9-8-11-6-4-3-5-7-11/h3-7H,8-10H2,1-2H3,(H,17,18,19). The summed E-state index contributed by atoms with van der Waals surface area (Å²) in [6, 6.07) is 10.4. The zero-order valence-electron chi connectivity index (χ0n) is 11.7. The Labute approximate surface area is 127 Å². The number of rotatable bonds is 6. The summed E-state index contributed by atoms with van der Waals surface area (Å²) in [4.78, 5) is 9.09. The first-order chi connectivity index (χ1) is 9.74. The fourth-order valence-corrected chi connectivity index (χ4v) is 2.45. The zero-order chi connectivity index (χ0) is 14.4. The van der Waals surface area contributed by atoms with E-state index in [2.05, 4.69) is 43.3 Å². The lowest BCUT2D eigenvalue weighted by Gasteiger charge is -2.10. The molecule has 106 valence electrons. The van der Waals surface area contributed by atoms with Crippen LogP contribution >= 0.6 is 15.9 Å². The molecular weight excluding hydrogens is 318 g/mol. The van der Waals surface area contributed by atoms with E-state index in [0.717, 1.165) is 34.7 Å². The molecule has 0 fully saturated rings. The van der Waals surface area contributed by atoms with Gasteiger partial charge in [-0.1, -0.05) is 30.3 Å². The Bertz CT molecular complexity index is 561. The van der Waals surface area contributed by atoms with E-state index < -0.39 is 0 Å². The van der Waals surface area contributed by atoms with Crippen LogP contribution in [0.15, 0.2) is 34.8 Å². The lowest BCUT2D eigenvalue weighted by molar-refractivity contribution is 0.180. The minimum absolute atomic E-state index is 0.468. The predicted octanol–water partition coefficient (Wildman–Crippen LogP) is 3.21. The highest BCUT2D eigenvalue weighted by Crippen LogP contribution is 2.24. The molecule has 1 heterocycles. The van der Waals surface area contributed by atoms with Crippen molar-refractivity contribution < 1.29 is 4.74 Å². The molecule has 1 N–H and O–H groups in total. The zero-order valence-corrected chi connectivity index (χ0v) is 13.3. The van der Waals surface area contributed by atoms with Crippen LogP contribution in [0.25, 0.3) is 0 Å². The van der Waals surface area contributed by atoms with Gasteiger partial charge in [0.1, 0.15) is 11.6 Å². The first-order valence-electron chi connectivity index (χ1n) is 6.50. The van der Waals surface area contributed by atoms with Gasteiger partial charge in [0, 0.05) is 20.6 Å². The molecule has 0 amide bonds. The number of benzene rings is 1. The second kappa shape index (κ2) is 7.36. The Morgan fingerprint density at radius 2 is 1.90 bits per heavy atom. The van der Waals surface area contributed by atoms with Crippen LogP contribution in [0.4, 0.5) is 5.82 Å². The summed E-state index contributed by atoms with van der Waals surface area (Å²) in [5.74, 6) is 1.63. The third kappa shape index (κ3) is 3.77. The maximum atomic E-state index is 5.18. The summed E-state index contributed by atoms with van der Waals surface area (Å²) in [6.07, 6.45) is 1.74. The SMILES string of the molecule is CNc1nc(CCc2ccccc2)nc(COC)c1Br. The molecule has 0 atom stereocenters. The van der Waals surface area contributed by atoms with Crippen LogP contribution in [-0.2, 0) is 24.2 Å². The van der Waals surface area contributed by atoms with E-state index in [1.165, 1.54) is 5.56 Å². The van der Waals surface area contributed by atoms with Gasteiger partial charge in [0.25, 0.3) is 0 Å². The van der Waals surface area contributed by atoms with Crippen molar-refractivity contribution >= 4 is 21.7 Å². The van der Waals surface area contributed by atoms with Crippen molar-refractivity contribution in [1.29, 1.82) is 0 Å². The molecule has 20 heavy (non-hydrogen) atoms. The number of anilines is 1. The number of ether oxygens (including phenoxy) is 1. The van der Waals surface area contributed by atoms with Gasteiger partial charge in [-0.15, -0.1) is 0 Å². The normalized spacial score (nSPS) is 10.6. The number of halogens is 1. The molecule has 0 unspecified atom stereocenters. The van der Waals surface area contributed by atoms with Crippen molar-refractivity contribution in [3.05, 3.63) is 51.9 Å². The van der Waals surface area contributed by atoms with Crippen molar-refractivity contribution in [3.63, 3.8) is 0 Å². The highest BCUT2D eigenvalue weighted by Gasteiger charge is 2.11. The van der Waals surface area contributed by atoms with Gasteiger partial charge in [-0.2, -0.15) is 0 Å². The van der Waals surface area contributed by atoms with Crippen LogP contribution < -0.4 is 5.32 Å². The third-order valence-corrected chi connectivity index (χ3v) is 3.80. The summed E-state index contributed by atoms with van der Waals surface area (Å²) >= 11 is 3.51. The molecule has 4 nitrogen and oxygen atoms in total. The molecule has 1 aromatic heterocycles. The Balaban J connectivity index is 2.16. The molecule has 0 aliphatic rings. The lowest BCUT2D eigenvalue weighted by Crippen LogP contribution is -2.07. The molecule has 5 heteroatoms.